The van der Waals surface area contributed by atoms with Crippen LogP contribution in [-0.2, 0) is 6.54 Å². The number of carbonyl (C=O) groups excluding carboxylic acids is 2. The summed E-state index contributed by atoms with van der Waals surface area (Å²) in [6.07, 6.45) is 3.32. The van der Waals surface area contributed by atoms with Crippen LogP contribution in [0.25, 0.3) is 0 Å². The molecule has 7 heteroatoms. The molecule has 3 amide bonds. The molecule has 0 atom stereocenters. The summed E-state index contributed by atoms with van der Waals surface area (Å²) in [5.74, 6) is -0.150. The van der Waals surface area contributed by atoms with Gasteiger partial charge in [-0.3, -0.25) is 9.78 Å². The molecule has 0 aliphatic heterocycles. The van der Waals surface area contributed by atoms with Crippen LogP contribution in [0.2, 0.25) is 0 Å². The average molecular weight is 300 g/mol. The first kappa shape index (κ1) is 15.3. The average Bonchev–Trinajstić information content (AvgIpc) is 2.53. The van der Waals surface area contributed by atoms with Gasteiger partial charge in [-0.05, 0) is 29.8 Å². The van der Waals surface area contributed by atoms with Gasteiger partial charge in [0.05, 0.1) is 12.8 Å². The van der Waals surface area contributed by atoms with Crippen molar-refractivity contribution >= 4 is 17.6 Å². The minimum Gasteiger partial charge on any atom is -0.495 e. The number of methoxy groups -OCH3 is 1. The van der Waals surface area contributed by atoms with E-state index in [9.17, 15) is 9.59 Å². The molecule has 0 radical (unpaired) electrons. The molecule has 114 valence electrons. The fourth-order valence-corrected chi connectivity index (χ4v) is 1.81. The SMILES string of the molecule is COc1ccc(C(N)=O)cc1NC(=O)NCc1cccnc1. The van der Waals surface area contributed by atoms with Crippen LogP contribution in [0, 0.1) is 0 Å². The zero-order valence-corrected chi connectivity index (χ0v) is 12.0. The topological polar surface area (TPSA) is 106 Å². The Kier molecular flexibility index (Phi) is 4.92. The summed E-state index contributed by atoms with van der Waals surface area (Å²) in [6.45, 7) is 0.331. The predicted octanol–water partition coefficient (Wildman–Crippen LogP) is 1.51. The zero-order chi connectivity index (χ0) is 15.9. The van der Waals surface area contributed by atoms with E-state index in [-0.39, 0.29) is 5.56 Å². The summed E-state index contributed by atoms with van der Waals surface area (Å²) in [6, 6.07) is 7.76. The molecule has 2 aromatic rings. The lowest BCUT2D eigenvalue weighted by atomic mass is 10.2. The molecule has 7 nitrogen and oxygen atoms in total. The van der Waals surface area contributed by atoms with E-state index in [1.807, 2.05) is 6.07 Å². The van der Waals surface area contributed by atoms with Crippen LogP contribution in [0.3, 0.4) is 0 Å². The predicted molar refractivity (Wildman–Crippen MR) is 81.6 cm³/mol. The zero-order valence-electron chi connectivity index (χ0n) is 12.0. The monoisotopic (exact) mass is 300 g/mol. The molecule has 0 unspecified atom stereocenters. The number of anilines is 1. The number of ether oxygens (including phenoxy) is 1. The third-order valence-corrected chi connectivity index (χ3v) is 2.91. The quantitative estimate of drug-likeness (QED) is 0.778. The Hall–Kier alpha value is -3.09. The second kappa shape index (κ2) is 7.07. The Bertz CT molecular complexity index is 674. The number of nitrogens with zero attached hydrogens (tertiary/aromatic N) is 1. The van der Waals surface area contributed by atoms with Crippen molar-refractivity contribution < 1.29 is 14.3 Å². The summed E-state index contributed by atoms with van der Waals surface area (Å²) in [5, 5.41) is 5.31. The Labute approximate surface area is 127 Å². The second-order valence-electron chi connectivity index (χ2n) is 4.45. The number of carbonyl (C=O) groups is 2. The first-order valence-electron chi connectivity index (χ1n) is 6.51. The van der Waals surface area contributed by atoms with E-state index in [1.165, 1.54) is 19.2 Å². The standard InChI is InChI=1S/C15H16N4O3/c1-22-13-5-4-11(14(16)20)7-12(13)19-15(21)18-9-10-3-2-6-17-8-10/h2-8H,9H2,1H3,(H2,16,20)(H2,18,19,21). The van der Waals surface area contributed by atoms with Crippen molar-refractivity contribution in [1.29, 1.82) is 0 Å². The van der Waals surface area contributed by atoms with E-state index in [0.717, 1.165) is 5.56 Å². The minimum absolute atomic E-state index is 0.281. The van der Waals surface area contributed by atoms with E-state index in [2.05, 4.69) is 15.6 Å². The minimum atomic E-state index is -0.582. The molecule has 2 rings (SSSR count). The molecule has 4 N–H and O–H groups in total. The number of nitrogens with one attached hydrogen (secondary N) is 2. The molecule has 0 aliphatic carbocycles. The highest BCUT2D eigenvalue weighted by Crippen LogP contribution is 2.25. The van der Waals surface area contributed by atoms with E-state index in [1.54, 1.807) is 24.5 Å². The lowest BCUT2D eigenvalue weighted by Gasteiger charge is -2.12. The van der Waals surface area contributed by atoms with Crippen LogP contribution in [0.1, 0.15) is 15.9 Å². The maximum atomic E-state index is 11.9. The highest BCUT2D eigenvalue weighted by atomic mass is 16.5. The van der Waals surface area contributed by atoms with Crippen molar-refractivity contribution in [3.8, 4) is 5.75 Å². The summed E-state index contributed by atoms with van der Waals surface area (Å²) in [5.41, 5.74) is 6.74. The summed E-state index contributed by atoms with van der Waals surface area (Å²) >= 11 is 0. The molecule has 0 aliphatic rings. The molecule has 1 aromatic carbocycles. The van der Waals surface area contributed by atoms with Gasteiger partial charge in [0.1, 0.15) is 5.75 Å². The van der Waals surface area contributed by atoms with Crippen molar-refractivity contribution in [2.24, 2.45) is 5.73 Å². The molecule has 0 saturated heterocycles. The van der Waals surface area contributed by atoms with Gasteiger partial charge in [0.2, 0.25) is 5.91 Å². The largest absolute Gasteiger partial charge is 0.495 e. The van der Waals surface area contributed by atoms with Gasteiger partial charge in [-0.25, -0.2) is 4.79 Å². The number of rotatable bonds is 5. The Morgan fingerprint density at radius 1 is 1.32 bits per heavy atom. The second-order valence-corrected chi connectivity index (χ2v) is 4.45. The highest BCUT2D eigenvalue weighted by Gasteiger charge is 2.10. The van der Waals surface area contributed by atoms with Crippen molar-refractivity contribution in [3.63, 3.8) is 0 Å². The van der Waals surface area contributed by atoms with Crippen molar-refractivity contribution in [1.82, 2.24) is 10.3 Å². The fraction of sp³-hybridized carbons (Fsp3) is 0.133. The van der Waals surface area contributed by atoms with E-state index >= 15 is 0 Å². The molecule has 0 spiro atoms. The van der Waals surface area contributed by atoms with Crippen molar-refractivity contribution in [3.05, 3.63) is 53.9 Å². The van der Waals surface area contributed by atoms with Gasteiger partial charge in [0, 0.05) is 24.5 Å². The number of nitrogens with two attached hydrogens (primary N) is 1. The molecule has 0 saturated carbocycles. The van der Waals surface area contributed by atoms with E-state index in [0.29, 0.717) is 18.0 Å². The number of hydrogen-bond donors (Lipinski definition) is 3. The Morgan fingerprint density at radius 2 is 2.14 bits per heavy atom. The van der Waals surface area contributed by atoms with Gasteiger partial charge in [0.15, 0.2) is 0 Å². The third kappa shape index (κ3) is 3.95. The molecule has 22 heavy (non-hydrogen) atoms. The third-order valence-electron chi connectivity index (χ3n) is 2.91. The maximum absolute atomic E-state index is 11.9. The molecule has 1 aromatic heterocycles. The number of primary amides is 1. The van der Waals surface area contributed by atoms with Crippen LogP contribution >= 0.6 is 0 Å². The van der Waals surface area contributed by atoms with Crippen LogP contribution in [0.15, 0.2) is 42.7 Å². The van der Waals surface area contributed by atoms with Gasteiger partial charge in [0.25, 0.3) is 0 Å². The number of benzene rings is 1. The number of hydrogen-bond acceptors (Lipinski definition) is 4. The molecular weight excluding hydrogens is 284 g/mol. The lowest BCUT2D eigenvalue weighted by molar-refractivity contribution is 0.1000. The van der Waals surface area contributed by atoms with E-state index in [4.69, 9.17) is 10.5 Å². The Balaban J connectivity index is 2.04. The smallest absolute Gasteiger partial charge is 0.319 e. The normalized spacial score (nSPS) is 9.86. The van der Waals surface area contributed by atoms with Crippen molar-refractivity contribution in [2.45, 2.75) is 6.54 Å². The van der Waals surface area contributed by atoms with Crippen LogP contribution in [0.5, 0.6) is 5.75 Å². The molecular formula is C15H16N4O3. The number of amides is 3. The van der Waals surface area contributed by atoms with Crippen LogP contribution in [0.4, 0.5) is 10.5 Å². The number of urea groups is 1. The molecule has 0 fully saturated rings. The first-order chi connectivity index (χ1) is 10.6. The van der Waals surface area contributed by atoms with Gasteiger partial charge in [-0.1, -0.05) is 6.07 Å². The fourth-order valence-electron chi connectivity index (χ4n) is 1.81. The van der Waals surface area contributed by atoms with E-state index < -0.39 is 11.9 Å². The maximum Gasteiger partial charge on any atom is 0.319 e. The van der Waals surface area contributed by atoms with Gasteiger partial charge in [-0.15, -0.1) is 0 Å². The summed E-state index contributed by atoms with van der Waals surface area (Å²) < 4.78 is 5.14. The number of aromatic nitrogens is 1. The molecule has 1 heterocycles. The van der Waals surface area contributed by atoms with Crippen molar-refractivity contribution in [2.75, 3.05) is 12.4 Å². The number of pyridine rings is 1. The van der Waals surface area contributed by atoms with Gasteiger partial charge >= 0.3 is 6.03 Å². The van der Waals surface area contributed by atoms with Crippen LogP contribution in [-0.4, -0.2) is 24.0 Å². The highest BCUT2D eigenvalue weighted by molar-refractivity contribution is 5.97. The summed E-state index contributed by atoms with van der Waals surface area (Å²) in [7, 11) is 1.47. The Morgan fingerprint density at radius 3 is 2.77 bits per heavy atom. The lowest BCUT2D eigenvalue weighted by Crippen LogP contribution is -2.28. The van der Waals surface area contributed by atoms with Gasteiger partial charge < -0.3 is 21.1 Å². The summed E-state index contributed by atoms with van der Waals surface area (Å²) in [4.78, 5) is 27.1. The van der Waals surface area contributed by atoms with Gasteiger partial charge in [-0.2, -0.15) is 0 Å². The first-order valence-corrected chi connectivity index (χ1v) is 6.51. The van der Waals surface area contributed by atoms with Crippen LogP contribution < -0.4 is 21.1 Å². The molecule has 0 bridgehead atoms.